The third-order valence-corrected chi connectivity index (χ3v) is 2.44. The molecule has 6 heteroatoms. The molecule has 0 aliphatic carbocycles. The summed E-state index contributed by atoms with van der Waals surface area (Å²) < 4.78 is 32.7. The quantitative estimate of drug-likeness (QED) is 0.384. The number of rotatable bonds is 9. The van der Waals surface area contributed by atoms with Gasteiger partial charge in [0, 0.05) is 0 Å². The molecular weight excluding hydrogens is 227 g/mol. The average molecular weight is 248 g/mol. The zero-order chi connectivity index (χ0) is 10.9. The molecule has 88 valence electrons. The molecule has 0 bridgehead atoms. The summed E-state index contributed by atoms with van der Waals surface area (Å²) in [6.45, 7) is 2.26. The Hall–Kier alpha value is 0.870. The van der Waals surface area contributed by atoms with Crippen LogP contribution in [0.2, 0.25) is 0 Å². The van der Waals surface area contributed by atoms with E-state index in [1.54, 1.807) is 0 Å². The van der Waals surface area contributed by atoms with Crippen LogP contribution in [0.1, 0.15) is 51.9 Å². The van der Waals surface area contributed by atoms with E-state index in [0.29, 0.717) is 6.42 Å². The molecule has 0 aromatic rings. The summed E-state index contributed by atoms with van der Waals surface area (Å²) in [5.74, 6) is 0. The van der Waals surface area contributed by atoms with Crippen molar-refractivity contribution in [2.75, 3.05) is 6.61 Å². The van der Waals surface area contributed by atoms with Crippen LogP contribution in [0.3, 0.4) is 0 Å². The second-order valence-corrected chi connectivity index (χ2v) is 4.46. The summed E-state index contributed by atoms with van der Waals surface area (Å²) >= 11 is 0. The zero-order valence-electron chi connectivity index (χ0n) is 8.74. The molecule has 0 unspecified atom stereocenters. The first-order valence-corrected chi connectivity index (χ1v) is 6.54. The molecule has 1 N–H and O–H groups in total. The van der Waals surface area contributed by atoms with Crippen molar-refractivity contribution in [3.05, 3.63) is 0 Å². The third kappa shape index (κ3) is 17.5. The second-order valence-electron chi connectivity index (χ2n) is 3.37. The molecule has 15 heavy (non-hydrogen) atoms. The Bertz CT molecular complexity index is 216. The maximum atomic E-state index is 10.1. The minimum absolute atomic E-state index is 0. The Balaban J connectivity index is 0. The van der Waals surface area contributed by atoms with Gasteiger partial charge in [0.15, 0.2) is 0 Å². The Kier molecular flexibility index (Phi) is 13.8. The fourth-order valence-electron chi connectivity index (χ4n) is 1.22. The fraction of sp³-hybridized carbons (Fsp3) is 1.00. The molecule has 0 aromatic heterocycles. The van der Waals surface area contributed by atoms with Gasteiger partial charge in [-0.15, -0.1) is 0 Å². The summed E-state index contributed by atoms with van der Waals surface area (Å²) in [5.41, 5.74) is 0. The van der Waals surface area contributed by atoms with Crippen molar-refractivity contribution < 1.29 is 17.2 Å². The van der Waals surface area contributed by atoms with Crippen molar-refractivity contribution in [1.29, 1.82) is 0 Å². The van der Waals surface area contributed by atoms with Crippen LogP contribution in [0.4, 0.5) is 0 Å². The maximum absolute atomic E-state index is 10.1. The van der Waals surface area contributed by atoms with Gasteiger partial charge in [0.1, 0.15) is 0 Å². The van der Waals surface area contributed by atoms with E-state index in [-0.39, 0.29) is 36.2 Å². The normalized spacial score (nSPS) is 11.1. The molecule has 0 aromatic carbocycles. The minimum atomic E-state index is -4.23. The van der Waals surface area contributed by atoms with Gasteiger partial charge in [0.05, 0.1) is 6.61 Å². The van der Waals surface area contributed by atoms with E-state index in [1.807, 2.05) is 0 Å². The molecule has 0 aliphatic heterocycles. The van der Waals surface area contributed by atoms with Crippen LogP contribution in [0, 0.1) is 0 Å². The van der Waals surface area contributed by atoms with Crippen LogP contribution < -0.4 is 0 Å². The second kappa shape index (κ2) is 11.4. The van der Waals surface area contributed by atoms with Crippen LogP contribution in [-0.2, 0) is 14.6 Å². The van der Waals surface area contributed by atoms with Crippen molar-refractivity contribution in [2.24, 2.45) is 0 Å². The van der Waals surface area contributed by atoms with E-state index < -0.39 is 10.4 Å². The molecule has 0 spiro atoms. The standard InChI is InChI=1S/C9H20O4S.Na.H/c1-2-3-4-5-6-7-8-9-13-14(10,11)12;;/h2-9H2,1H3,(H,10,11,12);;. The number of hydrogen-bond acceptors (Lipinski definition) is 3. The summed E-state index contributed by atoms with van der Waals surface area (Å²) in [4.78, 5) is 0. The Labute approximate surface area is 115 Å². The molecule has 0 aliphatic rings. The Morgan fingerprint density at radius 2 is 1.47 bits per heavy atom. The van der Waals surface area contributed by atoms with Gasteiger partial charge in [0.2, 0.25) is 0 Å². The fourth-order valence-corrected chi connectivity index (χ4v) is 1.55. The van der Waals surface area contributed by atoms with Crippen molar-refractivity contribution in [3.63, 3.8) is 0 Å². The van der Waals surface area contributed by atoms with Gasteiger partial charge in [0.25, 0.3) is 0 Å². The number of hydrogen-bond donors (Lipinski definition) is 1. The van der Waals surface area contributed by atoms with Crippen LogP contribution >= 0.6 is 0 Å². The Morgan fingerprint density at radius 3 is 1.93 bits per heavy atom. The van der Waals surface area contributed by atoms with E-state index in [4.69, 9.17) is 4.55 Å². The summed E-state index contributed by atoms with van der Waals surface area (Å²) in [7, 11) is -4.23. The predicted octanol–water partition coefficient (Wildman–Crippen LogP) is 1.91. The van der Waals surface area contributed by atoms with Crippen molar-refractivity contribution in [2.45, 2.75) is 51.9 Å². The Morgan fingerprint density at radius 1 is 1.00 bits per heavy atom. The number of unbranched alkanes of at least 4 members (excludes halogenated alkanes) is 6. The van der Waals surface area contributed by atoms with Gasteiger partial charge < -0.3 is 0 Å². The molecule has 0 fully saturated rings. The molecule has 0 radical (unpaired) electrons. The zero-order valence-corrected chi connectivity index (χ0v) is 9.55. The monoisotopic (exact) mass is 248 g/mol. The van der Waals surface area contributed by atoms with Crippen molar-refractivity contribution in [3.8, 4) is 0 Å². The first-order valence-electron chi connectivity index (χ1n) is 5.18. The van der Waals surface area contributed by atoms with E-state index in [0.717, 1.165) is 12.8 Å². The molecular formula is C9H21NaO4S. The van der Waals surface area contributed by atoms with E-state index in [9.17, 15) is 8.42 Å². The first-order chi connectivity index (χ1) is 6.56. The van der Waals surface area contributed by atoms with Crippen molar-refractivity contribution >= 4 is 40.0 Å². The summed E-state index contributed by atoms with van der Waals surface area (Å²) in [6, 6.07) is 0. The van der Waals surface area contributed by atoms with Gasteiger partial charge in [-0.2, -0.15) is 8.42 Å². The van der Waals surface area contributed by atoms with E-state index in [2.05, 4.69) is 11.1 Å². The molecule has 4 nitrogen and oxygen atoms in total. The first kappa shape index (κ1) is 18.2. The molecule has 0 rings (SSSR count). The molecule has 0 saturated carbocycles. The van der Waals surface area contributed by atoms with Crippen LogP contribution in [0.15, 0.2) is 0 Å². The van der Waals surface area contributed by atoms with Crippen LogP contribution in [-0.4, -0.2) is 49.1 Å². The third-order valence-electron chi connectivity index (χ3n) is 1.98. The molecule has 0 atom stereocenters. The predicted molar refractivity (Wildman–Crippen MR) is 62.6 cm³/mol. The van der Waals surface area contributed by atoms with Gasteiger partial charge in [-0.1, -0.05) is 45.4 Å². The van der Waals surface area contributed by atoms with Gasteiger partial charge in [-0.25, -0.2) is 4.18 Å². The summed E-state index contributed by atoms with van der Waals surface area (Å²) in [5, 5.41) is 0. The SMILES string of the molecule is CCCCCCCCCOS(=O)(=O)O.[NaH]. The van der Waals surface area contributed by atoms with Gasteiger partial charge >= 0.3 is 40.0 Å². The van der Waals surface area contributed by atoms with E-state index in [1.165, 1.54) is 25.7 Å². The van der Waals surface area contributed by atoms with Gasteiger partial charge in [-0.3, -0.25) is 4.55 Å². The molecule has 0 saturated heterocycles. The topological polar surface area (TPSA) is 63.6 Å². The average Bonchev–Trinajstić information content (AvgIpc) is 2.08. The van der Waals surface area contributed by atoms with Gasteiger partial charge in [-0.05, 0) is 6.42 Å². The van der Waals surface area contributed by atoms with E-state index >= 15 is 0 Å². The molecule has 0 amide bonds. The van der Waals surface area contributed by atoms with Crippen LogP contribution in [0.5, 0.6) is 0 Å². The van der Waals surface area contributed by atoms with Crippen LogP contribution in [0.25, 0.3) is 0 Å². The summed E-state index contributed by atoms with van der Waals surface area (Å²) in [6.07, 6.45) is 7.68. The molecule has 0 heterocycles. The van der Waals surface area contributed by atoms with Crippen molar-refractivity contribution in [1.82, 2.24) is 0 Å².